The molecule has 31 heavy (non-hydrogen) atoms. The van der Waals surface area contributed by atoms with E-state index < -0.39 is 0 Å². The van der Waals surface area contributed by atoms with Crippen molar-refractivity contribution in [1.29, 1.82) is 0 Å². The lowest BCUT2D eigenvalue weighted by Gasteiger charge is -2.21. The zero-order chi connectivity index (χ0) is 22.5. The average molecular weight is 442 g/mol. The molecule has 0 aliphatic rings. The van der Waals surface area contributed by atoms with Gasteiger partial charge in [0.2, 0.25) is 5.91 Å². The van der Waals surface area contributed by atoms with E-state index in [2.05, 4.69) is 30.9 Å². The number of hydrogen-bond donors (Lipinski definition) is 0. The van der Waals surface area contributed by atoms with Crippen LogP contribution in [-0.2, 0) is 11.2 Å². The summed E-state index contributed by atoms with van der Waals surface area (Å²) in [5, 5.41) is 0.673. The van der Waals surface area contributed by atoms with Crippen LogP contribution in [-0.4, -0.2) is 57.2 Å². The molecule has 0 aliphatic carbocycles. The number of methoxy groups -OCH3 is 2. The number of aryl methyl sites for hydroxylation is 2. The van der Waals surface area contributed by atoms with Crippen LogP contribution < -0.4 is 14.4 Å². The molecule has 0 N–H and O–H groups in total. The molecule has 3 rings (SSSR count). The Labute approximate surface area is 188 Å². The lowest BCUT2D eigenvalue weighted by Crippen LogP contribution is -2.34. The van der Waals surface area contributed by atoms with Gasteiger partial charge in [0, 0.05) is 6.54 Å². The molecule has 1 aromatic heterocycles. The molecule has 0 spiro atoms. The third-order valence-electron chi connectivity index (χ3n) is 5.26. The highest BCUT2D eigenvalue weighted by molar-refractivity contribution is 7.22. The van der Waals surface area contributed by atoms with Gasteiger partial charge < -0.3 is 14.4 Å². The van der Waals surface area contributed by atoms with Crippen molar-refractivity contribution in [3.8, 4) is 11.5 Å². The number of thiazole rings is 1. The Morgan fingerprint density at radius 3 is 2.39 bits per heavy atom. The summed E-state index contributed by atoms with van der Waals surface area (Å²) in [6, 6.07) is 9.94. The monoisotopic (exact) mass is 441 g/mol. The minimum Gasteiger partial charge on any atom is -0.495 e. The number of fused-ring (bicyclic) bond motifs is 1. The molecule has 1 amide bonds. The zero-order valence-electron chi connectivity index (χ0n) is 19.2. The molecule has 166 valence electrons. The van der Waals surface area contributed by atoms with Crippen LogP contribution in [0.5, 0.6) is 11.5 Å². The Balaban J connectivity index is 1.97. The van der Waals surface area contributed by atoms with Gasteiger partial charge in [-0.1, -0.05) is 35.1 Å². The van der Waals surface area contributed by atoms with Gasteiger partial charge in [0.15, 0.2) is 5.13 Å². The van der Waals surface area contributed by atoms with Gasteiger partial charge in [-0.05, 0) is 64.2 Å². The van der Waals surface area contributed by atoms with Crippen molar-refractivity contribution in [1.82, 2.24) is 9.88 Å². The minimum absolute atomic E-state index is 0.0442. The van der Waals surface area contributed by atoms with Crippen LogP contribution in [0.25, 0.3) is 10.2 Å². The van der Waals surface area contributed by atoms with E-state index in [0.717, 1.165) is 40.1 Å². The zero-order valence-corrected chi connectivity index (χ0v) is 20.0. The summed E-state index contributed by atoms with van der Waals surface area (Å²) in [6.07, 6.45) is 1.20. The molecule has 0 atom stereocenters. The molecule has 0 aliphatic heterocycles. The van der Waals surface area contributed by atoms with Crippen LogP contribution in [0.15, 0.2) is 30.3 Å². The van der Waals surface area contributed by atoms with Crippen molar-refractivity contribution < 1.29 is 14.3 Å². The molecule has 7 heteroatoms. The van der Waals surface area contributed by atoms with Gasteiger partial charge in [-0.2, -0.15) is 0 Å². The van der Waals surface area contributed by atoms with Crippen LogP contribution in [0.1, 0.15) is 23.1 Å². The maximum Gasteiger partial charge on any atom is 0.233 e. The van der Waals surface area contributed by atoms with Crippen LogP contribution in [0.4, 0.5) is 5.13 Å². The SMILES string of the molecule is COc1ccc(OC)c2sc(N(CCCN(C)C)C(=O)Cc3ccc(C)cc3C)nc12. The van der Waals surface area contributed by atoms with Crippen LogP contribution in [0, 0.1) is 13.8 Å². The van der Waals surface area contributed by atoms with Gasteiger partial charge in [0.05, 0.1) is 20.6 Å². The molecular weight excluding hydrogens is 410 g/mol. The van der Waals surface area contributed by atoms with E-state index in [9.17, 15) is 4.79 Å². The smallest absolute Gasteiger partial charge is 0.233 e. The maximum atomic E-state index is 13.4. The molecule has 0 saturated carbocycles. The Morgan fingerprint density at radius 2 is 1.74 bits per heavy atom. The first-order valence-electron chi connectivity index (χ1n) is 10.4. The van der Waals surface area contributed by atoms with E-state index >= 15 is 0 Å². The second kappa shape index (κ2) is 10.1. The van der Waals surface area contributed by atoms with Crippen molar-refractivity contribution in [3.63, 3.8) is 0 Å². The molecule has 6 nitrogen and oxygen atoms in total. The highest BCUT2D eigenvalue weighted by Crippen LogP contribution is 2.40. The van der Waals surface area contributed by atoms with Gasteiger partial charge >= 0.3 is 0 Å². The van der Waals surface area contributed by atoms with Crippen molar-refractivity contribution in [2.45, 2.75) is 26.7 Å². The van der Waals surface area contributed by atoms with E-state index in [1.54, 1.807) is 14.2 Å². The quantitative estimate of drug-likeness (QED) is 0.491. The third kappa shape index (κ3) is 5.35. The Morgan fingerprint density at radius 1 is 1.03 bits per heavy atom. The Kier molecular flexibility index (Phi) is 7.51. The topological polar surface area (TPSA) is 54.9 Å². The highest BCUT2D eigenvalue weighted by atomic mass is 32.1. The fourth-order valence-electron chi connectivity index (χ4n) is 3.56. The molecule has 0 radical (unpaired) electrons. The second-order valence-corrected chi connectivity index (χ2v) is 8.93. The number of rotatable bonds is 9. The van der Waals surface area contributed by atoms with Gasteiger partial charge in [0.25, 0.3) is 0 Å². The summed E-state index contributed by atoms with van der Waals surface area (Å²) < 4.78 is 11.9. The van der Waals surface area contributed by atoms with Crippen molar-refractivity contribution in [2.24, 2.45) is 0 Å². The van der Waals surface area contributed by atoms with Crippen molar-refractivity contribution in [2.75, 3.05) is 46.3 Å². The van der Waals surface area contributed by atoms with Gasteiger partial charge in [-0.15, -0.1) is 0 Å². The van der Waals surface area contributed by atoms with Gasteiger partial charge in [-0.3, -0.25) is 9.69 Å². The predicted molar refractivity (Wildman–Crippen MR) is 128 cm³/mol. The lowest BCUT2D eigenvalue weighted by atomic mass is 10.0. The number of hydrogen-bond acceptors (Lipinski definition) is 6. The van der Waals surface area contributed by atoms with Gasteiger partial charge in [0.1, 0.15) is 21.7 Å². The first-order chi connectivity index (χ1) is 14.8. The number of carbonyl (C=O) groups excluding carboxylic acids is 1. The molecule has 3 aromatic rings. The average Bonchev–Trinajstić information content (AvgIpc) is 3.17. The summed E-state index contributed by atoms with van der Waals surface area (Å²) in [4.78, 5) is 22.2. The standard InChI is InChI=1S/C24H31N3O3S/c1-16-8-9-18(17(2)14-16)15-21(28)27(13-7-12-26(3)4)24-25-22-19(29-5)10-11-20(30-6)23(22)31-24/h8-11,14H,7,12-13,15H2,1-6H3. The van der Waals surface area contributed by atoms with Crippen LogP contribution >= 0.6 is 11.3 Å². The predicted octanol–water partition coefficient (Wildman–Crippen LogP) is 4.46. The number of aromatic nitrogens is 1. The number of carbonyl (C=O) groups is 1. The fourth-order valence-corrected chi connectivity index (χ4v) is 4.68. The number of ether oxygens (including phenoxy) is 2. The summed E-state index contributed by atoms with van der Waals surface area (Å²) in [7, 11) is 7.34. The minimum atomic E-state index is 0.0442. The fraction of sp³-hybridized carbons (Fsp3) is 0.417. The summed E-state index contributed by atoms with van der Waals surface area (Å²) in [5.74, 6) is 1.45. The summed E-state index contributed by atoms with van der Waals surface area (Å²) in [6.45, 7) is 5.62. The first kappa shape index (κ1) is 23.0. The molecule has 0 unspecified atom stereocenters. The molecular formula is C24H31N3O3S. The molecule has 1 heterocycles. The highest BCUT2D eigenvalue weighted by Gasteiger charge is 2.23. The summed E-state index contributed by atoms with van der Waals surface area (Å²) >= 11 is 1.47. The number of benzene rings is 2. The van der Waals surface area contributed by atoms with Crippen LogP contribution in [0.3, 0.4) is 0 Å². The third-order valence-corrected chi connectivity index (χ3v) is 6.35. The molecule has 2 aromatic carbocycles. The van der Waals surface area contributed by atoms with E-state index in [4.69, 9.17) is 14.5 Å². The van der Waals surface area contributed by atoms with E-state index in [1.165, 1.54) is 16.9 Å². The molecule has 0 bridgehead atoms. The van der Waals surface area contributed by atoms with Crippen molar-refractivity contribution >= 4 is 32.6 Å². The number of amides is 1. The molecule has 0 saturated heterocycles. The second-order valence-electron chi connectivity index (χ2n) is 7.95. The number of nitrogens with zero attached hydrogens (tertiary/aromatic N) is 3. The normalized spacial score (nSPS) is 11.2. The largest absolute Gasteiger partial charge is 0.495 e. The van der Waals surface area contributed by atoms with Crippen LogP contribution in [0.2, 0.25) is 0 Å². The number of anilines is 1. The van der Waals surface area contributed by atoms with E-state index in [1.807, 2.05) is 37.2 Å². The van der Waals surface area contributed by atoms with Gasteiger partial charge in [-0.25, -0.2) is 4.98 Å². The first-order valence-corrected chi connectivity index (χ1v) is 11.2. The Hall–Kier alpha value is -2.64. The lowest BCUT2D eigenvalue weighted by molar-refractivity contribution is -0.118. The van der Waals surface area contributed by atoms with E-state index in [0.29, 0.717) is 23.8 Å². The maximum absolute atomic E-state index is 13.4. The Bertz CT molecular complexity index is 1020. The van der Waals surface area contributed by atoms with E-state index in [-0.39, 0.29) is 5.91 Å². The molecule has 0 fully saturated rings. The summed E-state index contributed by atoms with van der Waals surface area (Å²) in [5.41, 5.74) is 4.10. The van der Waals surface area contributed by atoms with Crippen molar-refractivity contribution in [3.05, 3.63) is 47.0 Å².